The first-order valence-corrected chi connectivity index (χ1v) is 11.0. The summed E-state index contributed by atoms with van der Waals surface area (Å²) in [4.78, 5) is 11.3. The highest BCUT2D eigenvalue weighted by Crippen LogP contribution is 2.18. The second-order valence-electron chi connectivity index (χ2n) is 6.62. The Morgan fingerprint density at radius 3 is 1.66 bits per heavy atom. The van der Waals surface area contributed by atoms with Crippen LogP contribution in [0.5, 0.6) is 0 Å². The first-order chi connectivity index (χ1) is 14.2. The summed E-state index contributed by atoms with van der Waals surface area (Å²) in [6.45, 7) is 6.33. The second kappa shape index (κ2) is 20.4. The number of hydrogen-bond acceptors (Lipinski definition) is 2. The van der Waals surface area contributed by atoms with E-state index < -0.39 is 5.97 Å². The van der Waals surface area contributed by atoms with Gasteiger partial charge in [0.2, 0.25) is 5.76 Å². The summed E-state index contributed by atoms with van der Waals surface area (Å²) in [6, 6.07) is 0. The standard InChI is InChI=1S/C26H40O3/c1-4-7-8-9-10-11-12-13-14-15-16-17-18-19-20-21-22-23-24(5-2)25(26(27)28)29-6-3/h7-8,10-11,13-14,16-17,19-20H,4-6,9,12,15,18,21-23H2,1-3H3,(H,27,28). The zero-order valence-corrected chi connectivity index (χ0v) is 18.6. The fraction of sp³-hybridized carbons (Fsp3) is 0.500. The van der Waals surface area contributed by atoms with Crippen molar-refractivity contribution in [2.75, 3.05) is 6.61 Å². The fourth-order valence-corrected chi connectivity index (χ4v) is 2.71. The van der Waals surface area contributed by atoms with Gasteiger partial charge in [0.25, 0.3) is 0 Å². The van der Waals surface area contributed by atoms with E-state index in [0.717, 1.165) is 56.9 Å². The second-order valence-corrected chi connectivity index (χ2v) is 6.62. The lowest BCUT2D eigenvalue weighted by atomic mass is 10.0. The first kappa shape index (κ1) is 26.7. The third kappa shape index (κ3) is 16.4. The predicted molar refractivity (Wildman–Crippen MR) is 125 cm³/mol. The molecule has 0 aromatic heterocycles. The van der Waals surface area contributed by atoms with Gasteiger partial charge < -0.3 is 9.84 Å². The largest absolute Gasteiger partial charge is 0.487 e. The molecule has 0 saturated heterocycles. The summed E-state index contributed by atoms with van der Waals surface area (Å²) in [6.07, 6.45) is 30.3. The van der Waals surface area contributed by atoms with Crippen LogP contribution in [0, 0.1) is 0 Å². The molecule has 0 radical (unpaired) electrons. The Kier molecular flexibility index (Phi) is 18.8. The summed E-state index contributed by atoms with van der Waals surface area (Å²) >= 11 is 0. The molecule has 1 N–H and O–H groups in total. The van der Waals surface area contributed by atoms with Crippen LogP contribution < -0.4 is 0 Å². The van der Waals surface area contributed by atoms with E-state index in [0.29, 0.717) is 13.0 Å². The van der Waals surface area contributed by atoms with E-state index in [4.69, 9.17) is 4.74 Å². The number of carboxylic acids is 1. The number of carbonyl (C=O) groups is 1. The Morgan fingerprint density at radius 2 is 1.24 bits per heavy atom. The van der Waals surface area contributed by atoms with E-state index in [9.17, 15) is 9.90 Å². The van der Waals surface area contributed by atoms with Crippen LogP contribution in [0.3, 0.4) is 0 Å². The Bertz CT molecular complexity index is 589. The van der Waals surface area contributed by atoms with Gasteiger partial charge >= 0.3 is 5.97 Å². The van der Waals surface area contributed by atoms with Gasteiger partial charge in [0.05, 0.1) is 6.61 Å². The van der Waals surface area contributed by atoms with Crippen molar-refractivity contribution >= 4 is 5.97 Å². The quantitative estimate of drug-likeness (QED) is 0.118. The van der Waals surface area contributed by atoms with Gasteiger partial charge in [-0.2, -0.15) is 0 Å². The fourth-order valence-electron chi connectivity index (χ4n) is 2.71. The molecule has 0 atom stereocenters. The molecular formula is C26H40O3. The van der Waals surface area contributed by atoms with E-state index in [-0.39, 0.29) is 5.76 Å². The lowest BCUT2D eigenvalue weighted by molar-refractivity contribution is -0.136. The van der Waals surface area contributed by atoms with Gasteiger partial charge in [-0.3, -0.25) is 0 Å². The molecule has 3 heteroatoms. The summed E-state index contributed by atoms with van der Waals surface area (Å²) in [5, 5.41) is 9.23. The molecule has 162 valence electrons. The number of aliphatic carboxylic acids is 1. The van der Waals surface area contributed by atoms with Crippen molar-refractivity contribution in [2.45, 2.75) is 78.6 Å². The maximum atomic E-state index is 11.3. The van der Waals surface area contributed by atoms with Crippen LogP contribution in [-0.2, 0) is 9.53 Å². The minimum Gasteiger partial charge on any atom is -0.487 e. The third-order valence-electron chi connectivity index (χ3n) is 4.24. The summed E-state index contributed by atoms with van der Waals surface area (Å²) in [5.74, 6) is -0.822. The zero-order chi connectivity index (χ0) is 21.6. The van der Waals surface area contributed by atoms with Crippen molar-refractivity contribution in [3.8, 4) is 0 Å². The molecule has 0 aromatic rings. The maximum absolute atomic E-state index is 11.3. The van der Waals surface area contributed by atoms with E-state index in [1.807, 2.05) is 13.8 Å². The van der Waals surface area contributed by atoms with Crippen LogP contribution in [0.15, 0.2) is 72.1 Å². The highest BCUT2D eigenvalue weighted by molar-refractivity contribution is 5.85. The van der Waals surface area contributed by atoms with E-state index in [1.165, 1.54) is 0 Å². The Labute approximate surface area is 178 Å². The molecule has 29 heavy (non-hydrogen) atoms. The molecule has 0 aliphatic heterocycles. The summed E-state index contributed by atoms with van der Waals surface area (Å²) < 4.78 is 5.28. The molecule has 3 nitrogen and oxygen atoms in total. The molecule has 0 rings (SSSR count). The predicted octanol–water partition coefficient (Wildman–Crippen LogP) is 7.69. The highest BCUT2D eigenvalue weighted by Gasteiger charge is 2.13. The van der Waals surface area contributed by atoms with Crippen molar-refractivity contribution in [2.24, 2.45) is 0 Å². The van der Waals surface area contributed by atoms with Crippen molar-refractivity contribution in [1.82, 2.24) is 0 Å². The lowest BCUT2D eigenvalue weighted by Gasteiger charge is -2.10. The van der Waals surface area contributed by atoms with Crippen LogP contribution in [0.25, 0.3) is 0 Å². The van der Waals surface area contributed by atoms with E-state index in [1.54, 1.807) is 0 Å². The number of rotatable bonds is 17. The molecule has 0 spiro atoms. The van der Waals surface area contributed by atoms with Crippen molar-refractivity contribution in [1.29, 1.82) is 0 Å². The lowest BCUT2D eigenvalue weighted by Crippen LogP contribution is -2.08. The molecule has 0 aromatic carbocycles. The minimum absolute atomic E-state index is 0.138. The monoisotopic (exact) mass is 400 g/mol. The smallest absolute Gasteiger partial charge is 0.371 e. The van der Waals surface area contributed by atoms with Crippen molar-refractivity contribution in [3.63, 3.8) is 0 Å². The Hall–Kier alpha value is -2.29. The summed E-state index contributed by atoms with van der Waals surface area (Å²) in [5.41, 5.74) is 0.895. The molecule has 0 aliphatic carbocycles. The topological polar surface area (TPSA) is 46.5 Å². The van der Waals surface area contributed by atoms with Gasteiger partial charge in [-0.05, 0) is 70.3 Å². The van der Waals surface area contributed by atoms with Gasteiger partial charge in [0.1, 0.15) is 0 Å². The van der Waals surface area contributed by atoms with Crippen LogP contribution in [0.1, 0.15) is 78.6 Å². The summed E-state index contributed by atoms with van der Waals surface area (Å²) in [7, 11) is 0. The zero-order valence-electron chi connectivity index (χ0n) is 18.6. The van der Waals surface area contributed by atoms with Gasteiger partial charge in [-0.15, -0.1) is 0 Å². The first-order valence-electron chi connectivity index (χ1n) is 11.0. The molecule has 0 fully saturated rings. The molecule has 0 unspecified atom stereocenters. The van der Waals surface area contributed by atoms with Crippen LogP contribution >= 0.6 is 0 Å². The number of unbranched alkanes of at least 4 members (excludes halogenated alkanes) is 1. The number of ether oxygens (including phenoxy) is 1. The molecular weight excluding hydrogens is 360 g/mol. The van der Waals surface area contributed by atoms with Gasteiger partial charge in [-0.25, -0.2) is 4.79 Å². The highest BCUT2D eigenvalue weighted by atomic mass is 16.5. The maximum Gasteiger partial charge on any atom is 0.371 e. The Balaban J connectivity index is 3.93. The van der Waals surface area contributed by atoms with Crippen molar-refractivity contribution in [3.05, 3.63) is 72.1 Å². The number of allylic oxidation sites excluding steroid dienone is 11. The average Bonchev–Trinajstić information content (AvgIpc) is 2.71. The molecule has 0 heterocycles. The van der Waals surface area contributed by atoms with E-state index in [2.05, 4.69) is 67.7 Å². The normalized spacial score (nSPS) is 13.5. The molecule has 0 aliphatic rings. The van der Waals surface area contributed by atoms with E-state index >= 15 is 0 Å². The minimum atomic E-state index is -0.960. The number of carboxylic acid groups (broad SMARTS) is 1. The van der Waals surface area contributed by atoms with Crippen LogP contribution in [-0.4, -0.2) is 17.7 Å². The van der Waals surface area contributed by atoms with Gasteiger partial charge in [0, 0.05) is 0 Å². The molecule has 0 amide bonds. The molecule has 0 bridgehead atoms. The van der Waals surface area contributed by atoms with Crippen molar-refractivity contribution < 1.29 is 14.6 Å². The van der Waals surface area contributed by atoms with Crippen LogP contribution in [0.2, 0.25) is 0 Å². The van der Waals surface area contributed by atoms with Gasteiger partial charge in [-0.1, -0.05) is 74.6 Å². The number of hydrogen-bond donors (Lipinski definition) is 1. The Morgan fingerprint density at radius 1 is 0.759 bits per heavy atom. The van der Waals surface area contributed by atoms with Crippen LogP contribution in [0.4, 0.5) is 0 Å². The van der Waals surface area contributed by atoms with Gasteiger partial charge in [0.15, 0.2) is 0 Å². The molecule has 0 saturated carbocycles. The third-order valence-corrected chi connectivity index (χ3v) is 4.24. The SMILES string of the molecule is CCC=CCC=CCC=CCC=CCC=CCCCC(CC)=C(OCC)C(=O)O. The average molecular weight is 401 g/mol.